The van der Waals surface area contributed by atoms with Gasteiger partial charge in [0.05, 0.1) is 49.9 Å². The van der Waals surface area contributed by atoms with E-state index in [1.807, 2.05) is 54.6 Å². The molecular weight excluding hydrogens is 362 g/mol. The average molecular weight is 385 g/mol. The number of imide groups is 1. The van der Waals surface area contributed by atoms with Gasteiger partial charge in [-0.05, 0) is 17.7 Å². The van der Waals surface area contributed by atoms with Gasteiger partial charge >= 0.3 is 0 Å². The number of benzene rings is 2. The molecule has 2 heterocycles. The van der Waals surface area contributed by atoms with Crippen molar-refractivity contribution in [1.82, 2.24) is 4.90 Å². The van der Waals surface area contributed by atoms with Crippen LogP contribution in [0, 0.1) is 0 Å². The predicted molar refractivity (Wildman–Crippen MR) is 105 cm³/mol. The number of amides is 2. The third-order valence-electron chi connectivity index (χ3n) is 5.52. The molecule has 1 N–H and O–H groups in total. The van der Waals surface area contributed by atoms with Gasteiger partial charge in [0.15, 0.2) is 6.04 Å². The van der Waals surface area contributed by atoms with Crippen LogP contribution in [0.15, 0.2) is 54.6 Å². The predicted octanol–water partition coefficient (Wildman–Crippen LogP) is 1.37. The average Bonchev–Trinajstić information content (AvgIpc) is 2.98. The largest absolute Gasteiger partial charge is 0.359 e. The first kappa shape index (κ1) is 18.0. The van der Waals surface area contributed by atoms with Gasteiger partial charge in [0, 0.05) is 0 Å². The molecule has 2 aromatic carbocycles. The van der Waals surface area contributed by atoms with E-state index in [4.69, 9.17) is 11.6 Å². The highest BCUT2D eigenvalue weighted by Gasteiger charge is 2.45. The number of rotatable bonds is 4. The van der Waals surface area contributed by atoms with Gasteiger partial charge in [0.25, 0.3) is 5.91 Å². The van der Waals surface area contributed by atoms with Gasteiger partial charge in [-0.25, -0.2) is 0 Å². The number of likely N-dealkylation sites (tertiary alicyclic amines) is 1. The summed E-state index contributed by atoms with van der Waals surface area (Å²) in [5, 5.41) is 0.752. The minimum absolute atomic E-state index is 0.0370. The Morgan fingerprint density at radius 1 is 0.963 bits per heavy atom. The topological polar surface area (TPSA) is 45.1 Å². The molecule has 0 saturated carbocycles. The molecule has 2 aliphatic rings. The van der Waals surface area contributed by atoms with Crippen molar-refractivity contribution in [2.24, 2.45) is 0 Å². The smallest absolute Gasteiger partial charge is 0.288 e. The summed E-state index contributed by atoms with van der Waals surface area (Å²) in [6, 6.07) is 17.3. The summed E-state index contributed by atoms with van der Waals surface area (Å²) in [7, 11) is 0. The van der Waals surface area contributed by atoms with E-state index in [0.717, 1.165) is 42.5 Å². The highest BCUT2D eigenvalue weighted by atomic mass is 35.5. The van der Waals surface area contributed by atoms with Gasteiger partial charge in [0.2, 0.25) is 5.91 Å². The van der Waals surface area contributed by atoms with Gasteiger partial charge < -0.3 is 9.80 Å². The van der Waals surface area contributed by atoms with E-state index >= 15 is 0 Å². The number of nitrogens with zero attached hydrogens (tertiary/aromatic N) is 2. The van der Waals surface area contributed by atoms with E-state index in [2.05, 4.69) is 4.90 Å². The molecule has 2 saturated heterocycles. The van der Waals surface area contributed by atoms with Crippen LogP contribution in [0.1, 0.15) is 12.0 Å². The van der Waals surface area contributed by atoms with E-state index < -0.39 is 0 Å². The van der Waals surface area contributed by atoms with Gasteiger partial charge in [-0.1, -0.05) is 54.1 Å². The molecule has 2 fully saturated rings. The summed E-state index contributed by atoms with van der Waals surface area (Å²) in [4.78, 5) is 30.2. The monoisotopic (exact) mass is 384 g/mol. The number of nitrogens with one attached hydrogen (secondary N) is 1. The van der Waals surface area contributed by atoms with Crippen molar-refractivity contribution in [2.45, 2.75) is 19.0 Å². The lowest BCUT2D eigenvalue weighted by Gasteiger charge is -2.36. The van der Waals surface area contributed by atoms with Crippen molar-refractivity contribution in [3.05, 3.63) is 65.2 Å². The SMILES string of the molecule is O=C1C[C@@H]([NH+]2CCN(c3ccccc3Cl)CC2)C(=O)N1Cc1ccccc1. The number of hydrogen-bond donors (Lipinski definition) is 1. The Labute approximate surface area is 164 Å². The fourth-order valence-corrected chi connectivity index (χ4v) is 4.28. The number of piperazine rings is 1. The van der Waals surface area contributed by atoms with Crippen LogP contribution in [0.2, 0.25) is 5.02 Å². The first-order chi connectivity index (χ1) is 13.1. The fourth-order valence-electron chi connectivity index (χ4n) is 4.03. The number of anilines is 1. The second kappa shape index (κ2) is 7.71. The number of carbonyl (C=O) groups is 2. The lowest BCUT2D eigenvalue weighted by atomic mass is 10.1. The maximum absolute atomic E-state index is 12.9. The van der Waals surface area contributed by atoms with Crippen LogP contribution in [0.5, 0.6) is 0 Å². The van der Waals surface area contributed by atoms with Crippen LogP contribution in [0.3, 0.4) is 0 Å². The third-order valence-corrected chi connectivity index (χ3v) is 5.84. The molecule has 2 aromatic rings. The second-order valence-corrected chi connectivity index (χ2v) is 7.56. The van der Waals surface area contributed by atoms with Crippen LogP contribution in [-0.2, 0) is 16.1 Å². The lowest BCUT2D eigenvalue weighted by Crippen LogP contribution is -3.19. The summed E-state index contributed by atoms with van der Waals surface area (Å²) in [6.07, 6.45) is 0.313. The summed E-state index contributed by atoms with van der Waals surface area (Å²) in [5.41, 5.74) is 2.02. The van der Waals surface area contributed by atoms with Crippen molar-refractivity contribution < 1.29 is 14.5 Å². The van der Waals surface area contributed by atoms with E-state index in [9.17, 15) is 9.59 Å². The zero-order valence-corrected chi connectivity index (χ0v) is 15.9. The Hall–Kier alpha value is -2.37. The highest BCUT2D eigenvalue weighted by Crippen LogP contribution is 2.25. The highest BCUT2D eigenvalue weighted by molar-refractivity contribution is 6.33. The molecule has 4 rings (SSSR count). The third kappa shape index (κ3) is 3.70. The number of hydrogen-bond acceptors (Lipinski definition) is 3. The first-order valence-corrected chi connectivity index (χ1v) is 9.73. The normalized spacial score (nSPS) is 21.1. The molecule has 0 aliphatic carbocycles. The number of carbonyl (C=O) groups excluding carboxylic acids is 2. The minimum Gasteiger partial charge on any atom is -0.359 e. The van der Waals surface area contributed by atoms with Crippen molar-refractivity contribution in [3.8, 4) is 0 Å². The molecule has 0 unspecified atom stereocenters. The van der Waals surface area contributed by atoms with Crippen molar-refractivity contribution in [1.29, 1.82) is 0 Å². The summed E-state index contributed by atoms with van der Waals surface area (Å²) in [6.45, 7) is 3.68. The number of quaternary nitrogens is 1. The standard InChI is InChI=1S/C21H22ClN3O2/c22-17-8-4-5-9-18(17)23-10-12-24(13-11-23)19-14-20(26)25(21(19)27)15-16-6-2-1-3-7-16/h1-9,19H,10-15H2/p+1/t19-/m1/s1. The first-order valence-electron chi connectivity index (χ1n) is 9.35. The summed E-state index contributed by atoms with van der Waals surface area (Å²) >= 11 is 6.31. The molecule has 1 atom stereocenters. The second-order valence-electron chi connectivity index (χ2n) is 7.16. The van der Waals surface area contributed by atoms with Crippen LogP contribution in [0.25, 0.3) is 0 Å². The van der Waals surface area contributed by atoms with Gasteiger partial charge in [-0.3, -0.25) is 14.5 Å². The number of para-hydroxylation sites is 1. The zero-order chi connectivity index (χ0) is 18.8. The van der Waals surface area contributed by atoms with Gasteiger partial charge in [-0.15, -0.1) is 0 Å². The molecule has 140 valence electrons. The molecule has 2 amide bonds. The maximum Gasteiger partial charge on any atom is 0.288 e. The Bertz CT molecular complexity index is 834. The molecule has 0 bridgehead atoms. The lowest BCUT2D eigenvalue weighted by molar-refractivity contribution is -0.915. The van der Waals surface area contributed by atoms with Crippen LogP contribution < -0.4 is 9.80 Å². The van der Waals surface area contributed by atoms with Crippen molar-refractivity contribution in [2.75, 3.05) is 31.1 Å². The van der Waals surface area contributed by atoms with Crippen LogP contribution in [-0.4, -0.2) is 48.9 Å². The van der Waals surface area contributed by atoms with Crippen LogP contribution in [0.4, 0.5) is 5.69 Å². The molecule has 0 spiro atoms. The minimum atomic E-state index is -0.255. The van der Waals surface area contributed by atoms with Crippen molar-refractivity contribution >= 4 is 29.1 Å². The maximum atomic E-state index is 12.9. The Kier molecular flexibility index (Phi) is 5.14. The quantitative estimate of drug-likeness (QED) is 0.810. The summed E-state index contributed by atoms with van der Waals surface area (Å²) in [5.74, 6) is -0.0973. The molecule has 6 heteroatoms. The van der Waals surface area contributed by atoms with Gasteiger partial charge in [-0.2, -0.15) is 0 Å². The van der Waals surface area contributed by atoms with Crippen LogP contribution >= 0.6 is 11.6 Å². The zero-order valence-electron chi connectivity index (χ0n) is 15.1. The molecule has 0 aromatic heterocycles. The van der Waals surface area contributed by atoms with E-state index in [-0.39, 0.29) is 17.9 Å². The molecule has 27 heavy (non-hydrogen) atoms. The molecule has 2 aliphatic heterocycles. The number of halogens is 1. The Morgan fingerprint density at radius 2 is 1.63 bits per heavy atom. The van der Waals surface area contributed by atoms with E-state index in [1.165, 1.54) is 9.80 Å². The molecular formula is C21H23ClN3O2+. The molecule has 0 radical (unpaired) electrons. The van der Waals surface area contributed by atoms with Gasteiger partial charge in [0.1, 0.15) is 0 Å². The molecule has 5 nitrogen and oxygen atoms in total. The van der Waals surface area contributed by atoms with E-state index in [1.54, 1.807) is 0 Å². The summed E-state index contributed by atoms with van der Waals surface area (Å²) < 4.78 is 0. The van der Waals surface area contributed by atoms with Crippen molar-refractivity contribution in [3.63, 3.8) is 0 Å². The Morgan fingerprint density at radius 3 is 2.33 bits per heavy atom. The fraction of sp³-hybridized carbons (Fsp3) is 0.333. The van der Waals surface area contributed by atoms with E-state index in [0.29, 0.717) is 13.0 Å². The Balaban J connectivity index is 1.39.